The topological polar surface area (TPSA) is 32.3 Å². The summed E-state index contributed by atoms with van der Waals surface area (Å²) in [6.45, 7) is 8.90. The van der Waals surface area contributed by atoms with Gasteiger partial charge in [-0.05, 0) is 56.9 Å². The van der Waals surface area contributed by atoms with Crippen LogP contribution in [0, 0.1) is 17.3 Å². The van der Waals surface area contributed by atoms with Gasteiger partial charge in [0.1, 0.15) is 0 Å². The maximum Gasteiger partial charge on any atom is 0.225 e. The van der Waals surface area contributed by atoms with Gasteiger partial charge in [0.05, 0.1) is 0 Å². The Labute approximate surface area is 124 Å². The van der Waals surface area contributed by atoms with Crippen LogP contribution in [-0.2, 0) is 4.79 Å². The molecule has 0 aromatic heterocycles. The van der Waals surface area contributed by atoms with E-state index >= 15 is 0 Å². The van der Waals surface area contributed by atoms with Crippen molar-refractivity contribution in [3.8, 4) is 0 Å². The molecule has 2 rings (SSSR count). The Bertz CT molecular complexity index is 318. The number of carbonyl (C=O) groups is 1. The van der Waals surface area contributed by atoms with Gasteiger partial charge in [-0.3, -0.25) is 4.79 Å². The van der Waals surface area contributed by atoms with E-state index in [1.54, 1.807) is 0 Å². The van der Waals surface area contributed by atoms with Crippen molar-refractivity contribution in [3.05, 3.63) is 0 Å². The second-order valence-corrected chi connectivity index (χ2v) is 7.80. The van der Waals surface area contributed by atoms with Crippen molar-refractivity contribution in [1.82, 2.24) is 10.2 Å². The maximum absolute atomic E-state index is 12.6. The summed E-state index contributed by atoms with van der Waals surface area (Å²) in [6.07, 6.45) is 6.89. The van der Waals surface area contributed by atoms with E-state index in [2.05, 4.69) is 31.0 Å². The quantitative estimate of drug-likeness (QED) is 0.843. The number of hydrogen-bond acceptors (Lipinski definition) is 2. The Kier molecular flexibility index (Phi) is 5.11. The van der Waals surface area contributed by atoms with E-state index in [1.165, 1.54) is 12.8 Å². The summed E-state index contributed by atoms with van der Waals surface area (Å²) in [5, 5.41) is 3.33. The normalized spacial score (nSPS) is 29.5. The number of nitrogens with zero attached hydrogens (tertiary/aromatic N) is 1. The Hall–Kier alpha value is -0.570. The highest BCUT2D eigenvalue weighted by Crippen LogP contribution is 2.40. The molecule has 2 fully saturated rings. The van der Waals surface area contributed by atoms with Gasteiger partial charge in [-0.15, -0.1) is 0 Å². The smallest absolute Gasteiger partial charge is 0.225 e. The van der Waals surface area contributed by atoms with E-state index in [0.29, 0.717) is 23.3 Å². The summed E-state index contributed by atoms with van der Waals surface area (Å²) in [5.41, 5.74) is 0.402. The molecule has 1 N–H and O–H groups in total. The summed E-state index contributed by atoms with van der Waals surface area (Å²) in [5.74, 6) is 1.54. The van der Waals surface area contributed by atoms with E-state index in [-0.39, 0.29) is 0 Å². The Morgan fingerprint density at radius 3 is 2.00 bits per heavy atom. The van der Waals surface area contributed by atoms with Crippen LogP contribution in [0.5, 0.6) is 0 Å². The van der Waals surface area contributed by atoms with Crippen molar-refractivity contribution in [1.29, 1.82) is 0 Å². The number of carbonyl (C=O) groups excluding carboxylic acids is 1. The molecular weight excluding hydrogens is 248 g/mol. The van der Waals surface area contributed by atoms with Crippen LogP contribution in [0.1, 0.15) is 59.3 Å². The van der Waals surface area contributed by atoms with E-state index in [1.807, 2.05) is 7.05 Å². The second kappa shape index (κ2) is 6.46. The fourth-order valence-corrected chi connectivity index (χ4v) is 3.85. The van der Waals surface area contributed by atoms with Crippen molar-refractivity contribution >= 4 is 5.91 Å². The van der Waals surface area contributed by atoms with Gasteiger partial charge in [-0.25, -0.2) is 0 Å². The van der Waals surface area contributed by atoms with E-state index in [4.69, 9.17) is 0 Å². The molecule has 1 heterocycles. The van der Waals surface area contributed by atoms with Gasteiger partial charge in [-0.1, -0.05) is 20.8 Å². The third-order valence-electron chi connectivity index (χ3n) is 5.52. The molecule has 1 amide bonds. The minimum Gasteiger partial charge on any atom is -0.342 e. The van der Waals surface area contributed by atoms with Gasteiger partial charge in [-0.2, -0.15) is 0 Å². The Morgan fingerprint density at radius 2 is 1.55 bits per heavy atom. The number of amides is 1. The summed E-state index contributed by atoms with van der Waals surface area (Å²) in [6, 6.07) is 0.607. The summed E-state index contributed by atoms with van der Waals surface area (Å²) < 4.78 is 0. The molecule has 2 aliphatic rings. The molecular formula is C17H32N2O. The standard InChI is InChI=1S/C17H32N2O/c1-17(2,3)14-7-5-13(6-8-14)16(20)19-11-9-15(18-4)10-12-19/h13-15,18H,5-12H2,1-4H3. The number of nitrogens with one attached hydrogen (secondary N) is 1. The predicted molar refractivity (Wildman–Crippen MR) is 83.6 cm³/mol. The first-order valence-electron chi connectivity index (χ1n) is 8.38. The molecule has 0 aromatic rings. The Balaban J connectivity index is 1.80. The molecule has 0 atom stereocenters. The van der Waals surface area contributed by atoms with E-state index in [9.17, 15) is 4.79 Å². The first-order valence-corrected chi connectivity index (χ1v) is 8.38. The highest BCUT2D eigenvalue weighted by Gasteiger charge is 2.34. The highest BCUT2D eigenvalue weighted by atomic mass is 16.2. The number of piperidine rings is 1. The van der Waals surface area contributed by atoms with Gasteiger partial charge in [0, 0.05) is 25.0 Å². The van der Waals surface area contributed by atoms with E-state index in [0.717, 1.165) is 44.7 Å². The third-order valence-corrected chi connectivity index (χ3v) is 5.52. The zero-order valence-corrected chi connectivity index (χ0v) is 13.7. The molecule has 0 aromatic carbocycles. The van der Waals surface area contributed by atoms with Gasteiger partial charge in [0.15, 0.2) is 0 Å². The molecule has 0 radical (unpaired) electrons. The molecule has 1 aliphatic heterocycles. The molecule has 0 bridgehead atoms. The van der Waals surface area contributed by atoms with Crippen LogP contribution in [0.15, 0.2) is 0 Å². The zero-order chi connectivity index (χ0) is 14.8. The minimum atomic E-state index is 0.305. The summed E-state index contributed by atoms with van der Waals surface area (Å²) >= 11 is 0. The highest BCUT2D eigenvalue weighted by molar-refractivity contribution is 5.79. The fourth-order valence-electron chi connectivity index (χ4n) is 3.85. The monoisotopic (exact) mass is 280 g/mol. The summed E-state index contributed by atoms with van der Waals surface area (Å²) in [7, 11) is 2.02. The van der Waals surface area contributed by atoms with Crippen molar-refractivity contribution in [2.45, 2.75) is 65.3 Å². The largest absolute Gasteiger partial charge is 0.342 e. The van der Waals surface area contributed by atoms with Gasteiger partial charge in [0.25, 0.3) is 0 Å². The first-order chi connectivity index (χ1) is 9.41. The van der Waals surface area contributed by atoms with Crippen molar-refractivity contribution in [2.75, 3.05) is 20.1 Å². The lowest BCUT2D eigenvalue weighted by Crippen LogP contribution is -2.46. The van der Waals surface area contributed by atoms with Crippen LogP contribution in [0.3, 0.4) is 0 Å². The molecule has 1 saturated carbocycles. The molecule has 3 nitrogen and oxygen atoms in total. The van der Waals surface area contributed by atoms with E-state index < -0.39 is 0 Å². The van der Waals surface area contributed by atoms with Crippen molar-refractivity contribution in [2.24, 2.45) is 17.3 Å². The first kappa shape index (κ1) is 15.8. The molecule has 116 valence electrons. The SMILES string of the molecule is CNC1CCN(C(=O)C2CCC(C(C)(C)C)CC2)CC1. The average Bonchev–Trinajstić information content (AvgIpc) is 2.46. The lowest BCUT2D eigenvalue weighted by Gasteiger charge is -2.39. The van der Waals surface area contributed by atoms with Crippen molar-refractivity contribution in [3.63, 3.8) is 0 Å². The van der Waals surface area contributed by atoms with Crippen LogP contribution >= 0.6 is 0 Å². The Morgan fingerprint density at radius 1 is 1.00 bits per heavy atom. The van der Waals surface area contributed by atoms with Crippen LogP contribution in [0.4, 0.5) is 0 Å². The van der Waals surface area contributed by atoms with Crippen LogP contribution < -0.4 is 5.32 Å². The average molecular weight is 280 g/mol. The summed E-state index contributed by atoms with van der Waals surface area (Å²) in [4.78, 5) is 14.7. The molecule has 0 spiro atoms. The second-order valence-electron chi connectivity index (χ2n) is 7.80. The molecule has 1 saturated heterocycles. The predicted octanol–water partition coefficient (Wildman–Crippen LogP) is 3.05. The fraction of sp³-hybridized carbons (Fsp3) is 0.941. The lowest BCUT2D eigenvalue weighted by atomic mass is 9.69. The lowest BCUT2D eigenvalue weighted by molar-refractivity contribution is -0.138. The molecule has 20 heavy (non-hydrogen) atoms. The minimum absolute atomic E-state index is 0.305. The number of rotatable bonds is 2. The van der Waals surface area contributed by atoms with Crippen molar-refractivity contribution < 1.29 is 4.79 Å². The van der Waals surface area contributed by atoms with Crippen LogP contribution in [0.2, 0.25) is 0 Å². The maximum atomic E-state index is 12.6. The number of likely N-dealkylation sites (tertiary alicyclic amines) is 1. The molecule has 0 unspecified atom stereocenters. The van der Waals surface area contributed by atoms with Crippen LogP contribution in [0.25, 0.3) is 0 Å². The molecule has 1 aliphatic carbocycles. The van der Waals surface area contributed by atoms with Gasteiger partial charge in [0.2, 0.25) is 5.91 Å². The zero-order valence-electron chi connectivity index (χ0n) is 13.7. The van der Waals surface area contributed by atoms with Gasteiger partial charge >= 0.3 is 0 Å². The molecule has 3 heteroatoms. The van der Waals surface area contributed by atoms with Gasteiger partial charge < -0.3 is 10.2 Å². The third kappa shape index (κ3) is 3.75. The number of hydrogen-bond donors (Lipinski definition) is 1. The van der Waals surface area contributed by atoms with Crippen LogP contribution in [-0.4, -0.2) is 37.0 Å².